The number of aromatic nitrogens is 1. The van der Waals surface area contributed by atoms with Gasteiger partial charge in [-0.2, -0.15) is 0 Å². The summed E-state index contributed by atoms with van der Waals surface area (Å²) in [6, 6.07) is 27.4. The van der Waals surface area contributed by atoms with Crippen LogP contribution in [0.15, 0.2) is 84.9 Å². The van der Waals surface area contributed by atoms with Gasteiger partial charge in [-0.15, -0.1) is 0 Å². The van der Waals surface area contributed by atoms with Gasteiger partial charge in [-0.1, -0.05) is 66.7 Å². The average molecular weight is 382 g/mol. The van der Waals surface area contributed by atoms with Crippen molar-refractivity contribution in [2.45, 2.75) is 6.42 Å². The molecule has 0 aliphatic carbocycles. The molecule has 144 valence electrons. The van der Waals surface area contributed by atoms with Crippen LogP contribution in [0.5, 0.6) is 5.75 Å². The first-order valence-corrected chi connectivity index (χ1v) is 9.61. The fourth-order valence-electron chi connectivity index (χ4n) is 3.44. The number of fused-ring (bicyclic) bond motifs is 1. The Balaban J connectivity index is 1.60. The van der Waals surface area contributed by atoms with Crippen molar-refractivity contribution in [2.24, 2.45) is 0 Å². The average Bonchev–Trinajstić information content (AvgIpc) is 2.79. The van der Waals surface area contributed by atoms with Gasteiger partial charge in [0.15, 0.2) is 0 Å². The Morgan fingerprint density at radius 1 is 0.931 bits per heavy atom. The Hall–Kier alpha value is -3.66. The van der Waals surface area contributed by atoms with Crippen LogP contribution in [-0.4, -0.2) is 24.5 Å². The summed E-state index contributed by atoms with van der Waals surface area (Å²) < 4.78 is 5.39. The normalized spacial score (nSPS) is 10.7. The van der Waals surface area contributed by atoms with Crippen molar-refractivity contribution in [1.29, 1.82) is 0 Å². The largest absolute Gasteiger partial charge is 0.496 e. The number of carbonyl (C=O) groups excluding carboxylic acids is 1. The number of nitrogens with one attached hydrogen (secondary N) is 1. The van der Waals surface area contributed by atoms with Crippen LogP contribution in [-0.2, 0) is 6.42 Å². The monoisotopic (exact) mass is 382 g/mol. The van der Waals surface area contributed by atoms with E-state index in [1.807, 2.05) is 84.9 Å². The summed E-state index contributed by atoms with van der Waals surface area (Å²) in [4.78, 5) is 17.8. The number of carbonyl (C=O) groups is 1. The number of rotatable bonds is 6. The second-order valence-electron chi connectivity index (χ2n) is 6.76. The summed E-state index contributed by atoms with van der Waals surface area (Å²) in [7, 11) is 1.66. The molecule has 4 rings (SSSR count). The number of benzene rings is 3. The van der Waals surface area contributed by atoms with Crippen LogP contribution in [0.4, 0.5) is 0 Å². The standard InChI is InChI=1S/C25H22N2O2/c1-29-24-14-8-5-11-19(24)15-16-26-25(28)21-17-23(18-9-3-2-4-10-18)27-22-13-7-6-12-20(21)22/h2-14,17H,15-16H2,1H3,(H,26,28). The lowest BCUT2D eigenvalue weighted by Crippen LogP contribution is -2.26. The van der Waals surface area contributed by atoms with Crippen molar-refractivity contribution in [3.63, 3.8) is 0 Å². The van der Waals surface area contributed by atoms with E-state index in [9.17, 15) is 4.79 Å². The van der Waals surface area contributed by atoms with E-state index in [0.717, 1.165) is 33.5 Å². The molecule has 1 heterocycles. The van der Waals surface area contributed by atoms with Crippen LogP contribution >= 0.6 is 0 Å². The molecule has 1 N–H and O–H groups in total. The second-order valence-corrected chi connectivity index (χ2v) is 6.76. The number of nitrogens with zero attached hydrogens (tertiary/aromatic N) is 1. The van der Waals surface area contributed by atoms with Crippen molar-refractivity contribution in [3.05, 3.63) is 96.1 Å². The molecule has 1 amide bonds. The third kappa shape index (κ3) is 4.11. The van der Waals surface area contributed by atoms with Crippen molar-refractivity contribution in [2.75, 3.05) is 13.7 Å². The first-order chi connectivity index (χ1) is 14.3. The van der Waals surface area contributed by atoms with Crippen LogP contribution < -0.4 is 10.1 Å². The Labute approximate surface area is 170 Å². The molecule has 0 atom stereocenters. The molecule has 4 heteroatoms. The highest BCUT2D eigenvalue weighted by atomic mass is 16.5. The first kappa shape index (κ1) is 18.7. The Morgan fingerprint density at radius 2 is 1.66 bits per heavy atom. The maximum atomic E-state index is 13.0. The maximum absolute atomic E-state index is 13.0. The number of para-hydroxylation sites is 2. The van der Waals surface area contributed by atoms with Gasteiger partial charge < -0.3 is 10.1 Å². The molecule has 0 unspecified atom stereocenters. The minimum absolute atomic E-state index is 0.101. The van der Waals surface area contributed by atoms with E-state index in [1.54, 1.807) is 7.11 Å². The summed E-state index contributed by atoms with van der Waals surface area (Å²) in [5, 5.41) is 3.90. The molecular weight excluding hydrogens is 360 g/mol. The van der Waals surface area contributed by atoms with Crippen LogP contribution in [0.25, 0.3) is 22.2 Å². The highest BCUT2D eigenvalue weighted by Crippen LogP contribution is 2.25. The number of hydrogen-bond donors (Lipinski definition) is 1. The van der Waals surface area contributed by atoms with E-state index in [0.29, 0.717) is 18.5 Å². The molecule has 4 aromatic rings. The predicted octanol–water partition coefficient (Wildman–Crippen LogP) is 4.88. The lowest BCUT2D eigenvalue weighted by molar-refractivity contribution is 0.0955. The lowest BCUT2D eigenvalue weighted by Gasteiger charge is -2.12. The predicted molar refractivity (Wildman–Crippen MR) is 116 cm³/mol. The van der Waals surface area contributed by atoms with Crippen LogP contribution in [0.2, 0.25) is 0 Å². The van der Waals surface area contributed by atoms with Gasteiger partial charge in [0.1, 0.15) is 5.75 Å². The number of amides is 1. The van der Waals surface area contributed by atoms with E-state index in [-0.39, 0.29) is 5.91 Å². The number of methoxy groups -OCH3 is 1. The van der Waals surface area contributed by atoms with Gasteiger partial charge in [-0.05, 0) is 30.2 Å². The highest BCUT2D eigenvalue weighted by molar-refractivity contribution is 6.07. The van der Waals surface area contributed by atoms with E-state index < -0.39 is 0 Å². The zero-order chi connectivity index (χ0) is 20.1. The number of ether oxygens (including phenoxy) is 1. The number of pyridine rings is 1. The molecule has 0 spiro atoms. The van der Waals surface area contributed by atoms with Gasteiger partial charge in [0, 0.05) is 17.5 Å². The summed E-state index contributed by atoms with van der Waals surface area (Å²) in [5.74, 6) is 0.734. The summed E-state index contributed by atoms with van der Waals surface area (Å²) in [5.41, 5.74) is 4.29. The molecule has 0 bridgehead atoms. The maximum Gasteiger partial charge on any atom is 0.252 e. The molecule has 29 heavy (non-hydrogen) atoms. The molecule has 3 aromatic carbocycles. The Morgan fingerprint density at radius 3 is 2.48 bits per heavy atom. The van der Waals surface area contributed by atoms with Gasteiger partial charge in [-0.25, -0.2) is 4.98 Å². The van der Waals surface area contributed by atoms with Crippen LogP contribution in [0.3, 0.4) is 0 Å². The second kappa shape index (κ2) is 8.57. The Bertz CT molecular complexity index is 1140. The van der Waals surface area contributed by atoms with Gasteiger partial charge >= 0.3 is 0 Å². The van der Waals surface area contributed by atoms with E-state index in [4.69, 9.17) is 9.72 Å². The minimum atomic E-state index is -0.101. The molecule has 0 radical (unpaired) electrons. The van der Waals surface area contributed by atoms with Crippen molar-refractivity contribution >= 4 is 16.8 Å². The van der Waals surface area contributed by atoms with Gasteiger partial charge in [0.05, 0.1) is 23.9 Å². The zero-order valence-electron chi connectivity index (χ0n) is 16.3. The smallest absolute Gasteiger partial charge is 0.252 e. The minimum Gasteiger partial charge on any atom is -0.496 e. The topological polar surface area (TPSA) is 51.2 Å². The molecule has 0 saturated carbocycles. The highest BCUT2D eigenvalue weighted by Gasteiger charge is 2.14. The first-order valence-electron chi connectivity index (χ1n) is 9.61. The van der Waals surface area contributed by atoms with E-state index in [2.05, 4.69) is 5.32 Å². The SMILES string of the molecule is COc1ccccc1CCNC(=O)c1cc(-c2ccccc2)nc2ccccc12. The fraction of sp³-hybridized carbons (Fsp3) is 0.120. The van der Waals surface area contributed by atoms with Crippen LogP contribution in [0.1, 0.15) is 15.9 Å². The van der Waals surface area contributed by atoms with E-state index >= 15 is 0 Å². The van der Waals surface area contributed by atoms with Gasteiger partial charge in [0.25, 0.3) is 5.91 Å². The zero-order valence-corrected chi connectivity index (χ0v) is 16.3. The van der Waals surface area contributed by atoms with E-state index in [1.165, 1.54) is 0 Å². The molecule has 4 nitrogen and oxygen atoms in total. The van der Waals surface area contributed by atoms with Gasteiger partial charge in [-0.3, -0.25) is 4.79 Å². The third-order valence-electron chi connectivity index (χ3n) is 4.90. The van der Waals surface area contributed by atoms with Crippen molar-refractivity contribution in [3.8, 4) is 17.0 Å². The summed E-state index contributed by atoms with van der Waals surface area (Å²) >= 11 is 0. The Kier molecular flexibility index (Phi) is 5.52. The van der Waals surface area contributed by atoms with Gasteiger partial charge in [0.2, 0.25) is 0 Å². The molecule has 1 aromatic heterocycles. The molecule has 0 saturated heterocycles. The van der Waals surface area contributed by atoms with Crippen molar-refractivity contribution < 1.29 is 9.53 Å². The lowest BCUT2D eigenvalue weighted by atomic mass is 10.0. The third-order valence-corrected chi connectivity index (χ3v) is 4.90. The summed E-state index contributed by atoms with van der Waals surface area (Å²) in [6.45, 7) is 0.524. The van der Waals surface area contributed by atoms with Crippen LogP contribution in [0, 0.1) is 0 Å². The molecule has 0 aliphatic heterocycles. The fourth-order valence-corrected chi connectivity index (χ4v) is 3.44. The summed E-state index contributed by atoms with van der Waals surface area (Å²) in [6.07, 6.45) is 0.699. The quantitative estimate of drug-likeness (QED) is 0.517. The molecule has 0 fully saturated rings. The number of hydrogen-bond acceptors (Lipinski definition) is 3. The molecule has 0 aliphatic rings. The molecular formula is C25H22N2O2. The van der Waals surface area contributed by atoms with Crippen molar-refractivity contribution in [1.82, 2.24) is 10.3 Å².